The summed E-state index contributed by atoms with van der Waals surface area (Å²) < 4.78 is 8.74. The Kier molecular flexibility index (Phi) is 6.12. The first-order valence-corrected chi connectivity index (χ1v) is 9.57. The van der Waals surface area contributed by atoms with Crippen LogP contribution in [-0.4, -0.2) is 36.5 Å². The van der Waals surface area contributed by atoms with E-state index in [0.717, 1.165) is 11.3 Å². The van der Waals surface area contributed by atoms with Crippen molar-refractivity contribution in [2.24, 2.45) is 0 Å². The first-order valence-electron chi connectivity index (χ1n) is 9.19. The second-order valence-electron chi connectivity index (χ2n) is 6.88. The van der Waals surface area contributed by atoms with Gasteiger partial charge in [0.15, 0.2) is 12.4 Å². The number of nitrogens with zero attached hydrogens (tertiary/aromatic N) is 4. The molecule has 30 heavy (non-hydrogen) atoms. The highest BCUT2D eigenvalue weighted by atomic mass is 35.5. The fraction of sp³-hybridized carbons (Fsp3) is 0.300. The van der Waals surface area contributed by atoms with E-state index < -0.39 is 12.0 Å². The monoisotopic (exact) mass is 431 g/mol. The number of anilines is 1. The molecule has 0 saturated heterocycles. The highest BCUT2D eigenvalue weighted by molar-refractivity contribution is 6.31. The van der Waals surface area contributed by atoms with E-state index in [1.165, 1.54) is 16.9 Å². The second kappa shape index (κ2) is 8.58. The molecule has 1 unspecified atom stereocenters. The predicted molar refractivity (Wildman–Crippen MR) is 111 cm³/mol. The van der Waals surface area contributed by atoms with Gasteiger partial charge in [-0.3, -0.25) is 9.48 Å². The average Bonchev–Trinajstić information content (AvgIpc) is 3.29. The lowest BCUT2D eigenvalue weighted by Gasteiger charge is -2.13. The van der Waals surface area contributed by atoms with E-state index in [9.17, 15) is 9.59 Å². The fourth-order valence-electron chi connectivity index (χ4n) is 2.86. The number of amides is 1. The van der Waals surface area contributed by atoms with Gasteiger partial charge in [-0.2, -0.15) is 10.2 Å². The minimum atomic E-state index is -1.15. The maximum absolute atomic E-state index is 12.7. The molecule has 0 bridgehead atoms. The number of carboxylic acids is 1. The van der Waals surface area contributed by atoms with Gasteiger partial charge >= 0.3 is 5.97 Å². The Morgan fingerprint density at radius 2 is 1.97 bits per heavy atom. The molecule has 0 radical (unpaired) electrons. The Labute approximate surface area is 178 Å². The molecule has 0 saturated carbocycles. The van der Waals surface area contributed by atoms with Gasteiger partial charge in [-0.25, -0.2) is 9.48 Å². The first-order chi connectivity index (χ1) is 14.2. The average molecular weight is 432 g/mol. The number of aromatic carboxylic acids is 1. The lowest BCUT2D eigenvalue weighted by Crippen LogP contribution is -2.25. The van der Waals surface area contributed by atoms with Crippen LogP contribution in [0.15, 0.2) is 30.5 Å². The predicted octanol–water partition coefficient (Wildman–Crippen LogP) is 3.59. The fourth-order valence-corrected chi connectivity index (χ4v) is 2.98. The van der Waals surface area contributed by atoms with Gasteiger partial charge in [-0.1, -0.05) is 11.6 Å². The van der Waals surface area contributed by atoms with E-state index in [-0.39, 0.29) is 18.3 Å². The third-order valence-electron chi connectivity index (χ3n) is 4.72. The molecule has 0 aliphatic heterocycles. The maximum atomic E-state index is 12.7. The summed E-state index contributed by atoms with van der Waals surface area (Å²) in [4.78, 5) is 23.6. The molecule has 0 fully saturated rings. The van der Waals surface area contributed by atoms with E-state index in [1.54, 1.807) is 30.7 Å². The van der Waals surface area contributed by atoms with Gasteiger partial charge in [-0.05, 0) is 57.5 Å². The molecule has 3 aromatic rings. The van der Waals surface area contributed by atoms with E-state index in [4.69, 9.17) is 21.4 Å². The topological polar surface area (TPSA) is 111 Å². The summed E-state index contributed by atoms with van der Waals surface area (Å²) in [5, 5.41) is 20.8. The van der Waals surface area contributed by atoms with Crippen LogP contribution in [0.5, 0.6) is 5.75 Å². The van der Waals surface area contributed by atoms with Gasteiger partial charge in [0.25, 0.3) is 0 Å². The summed E-state index contributed by atoms with van der Waals surface area (Å²) in [6.07, 6.45) is 1.46. The highest BCUT2D eigenvalue weighted by Crippen LogP contribution is 2.24. The molecule has 0 aliphatic rings. The molecule has 2 aromatic heterocycles. The SMILES string of the molecule is Cc1cc(OCn2nc(C)c(NC(=O)C(C)n3ccc(C(=O)O)n3)c2C)ccc1Cl. The van der Waals surface area contributed by atoms with Crippen molar-refractivity contribution in [3.8, 4) is 5.75 Å². The van der Waals surface area contributed by atoms with Crippen LogP contribution in [0.25, 0.3) is 0 Å². The minimum Gasteiger partial charge on any atom is -0.476 e. The van der Waals surface area contributed by atoms with Crippen LogP contribution in [0.1, 0.15) is 40.4 Å². The molecule has 0 spiro atoms. The first kappa shape index (κ1) is 21.4. The molecule has 10 heteroatoms. The van der Waals surface area contributed by atoms with E-state index in [2.05, 4.69) is 15.5 Å². The zero-order valence-corrected chi connectivity index (χ0v) is 17.8. The van der Waals surface area contributed by atoms with Gasteiger partial charge in [0.05, 0.1) is 17.1 Å². The molecule has 1 aromatic carbocycles. The molecule has 0 aliphatic carbocycles. The number of halogens is 1. The van der Waals surface area contributed by atoms with Crippen LogP contribution in [0.2, 0.25) is 5.02 Å². The largest absolute Gasteiger partial charge is 0.476 e. The third kappa shape index (κ3) is 4.46. The maximum Gasteiger partial charge on any atom is 0.356 e. The quantitative estimate of drug-likeness (QED) is 0.591. The number of carbonyl (C=O) groups excluding carboxylic acids is 1. The number of carbonyl (C=O) groups is 2. The minimum absolute atomic E-state index is 0.121. The van der Waals surface area contributed by atoms with Crippen molar-refractivity contribution >= 4 is 29.2 Å². The third-order valence-corrected chi connectivity index (χ3v) is 5.14. The number of rotatable bonds is 7. The number of benzene rings is 1. The van der Waals surface area contributed by atoms with Crippen LogP contribution >= 0.6 is 11.6 Å². The summed E-state index contributed by atoms with van der Waals surface area (Å²) in [5.74, 6) is -0.822. The summed E-state index contributed by atoms with van der Waals surface area (Å²) >= 11 is 6.03. The molecule has 3 rings (SSSR count). The molecule has 2 heterocycles. The smallest absolute Gasteiger partial charge is 0.356 e. The summed E-state index contributed by atoms with van der Waals surface area (Å²) in [5.41, 5.74) is 2.73. The Morgan fingerprint density at radius 1 is 1.23 bits per heavy atom. The number of ether oxygens (including phenoxy) is 1. The molecule has 1 amide bonds. The van der Waals surface area contributed by atoms with Crippen LogP contribution in [0.3, 0.4) is 0 Å². The summed E-state index contributed by atoms with van der Waals surface area (Å²) in [6, 6.07) is 6.03. The van der Waals surface area contributed by atoms with Crippen LogP contribution < -0.4 is 10.1 Å². The van der Waals surface area contributed by atoms with Crippen molar-refractivity contribution in [3.05, 3.63) is 58.1 Å². The lowest BCUT2D eigenvalue weighted by molar-refractivity contribution is -0.119. The number of hydrogen-bond donors (Lipinski definition) is 2. The van der Waals surface area contributed by atoms with Crippen molar-refractivity contribution in [2.45, 2.75) is 40.5 Å². The van der Waals surface area contributed by atoms with Crippen LogP contribution in [0.4, 0.5) is 5.69 Å². The standard InChI is InChI=1S/C20H22ClN5O4/c1-11-9-15(5-6-16(11)21)30-10-26-13(3)18(12(2)23-26)22-19(27)14(4)25-8-7-17(24-25)20(28)29/h5-9,14H,10H2,1-4H3,(H,22,27)(H,28,29). The molecular weight excluding hydrogens is 410 g/mol. The number of carboxylic acid groups (broad SMARTS) is 1. The van der Waals surface area contributed by atoms with Crippen molar-refractivity contribution in [2.75, 3.05) is 5.32 Å². The van der Waals surface area contributed by atoms with Gasteiger partial charge in [0, 0.05) is 11.2 Å². The van der Waals surface area contributed by atoms with E-state index in [0.29, 0.717) is 22.2 Å². The zero-order valence-electron chi connectivity index (χ0n) is 17.0. The molecular formula is C20H22ClN5O4. The molecule has 158 valence electrons. The van der Waals surface area contributed by atoms with Gasteiger partial charge in [0.1, 0.15) is 11.8 Å². The molecule has 2 N–H and O–H groups in total. The van der Waals surface area contributed by atoms with Gasteiger partial charge < -0.3 is 15.2 Å². The van der Waals surface area contributed by atoms with Crippen molar-refractivity contribution < 1.29 is 19.4 Å². The lowest BCUT2D eigenvalue weighted by atomic mass is 10.2. The molecule has 9 nitrogen and oxygen atoms in total. The number of aromatic nitrogens is 4. The van der Waals surface area contributed by atoms with Gasteiger partial charge in [-0.15, -0.1) is 0 Å². The van der Waals surface area contributed by atoms with E-state index >= 15 is 0 Å². The van der Waals surface area contributed by atoms with Gasteiger partial charge in [0.2, 0.25) is 5.91 Å². The zero-order chi connectivity index (χ0) is 22.0. The summed E-state index contributed by atoms with van der Waals surface area (Å²) in [7, 11) is 0. The molecule has 1 atom stereocenters. The number of aryl methyl sites for hydroxylation is 2. The van der Waals surface area contributed by atoms with Crippen LogP contribution in [-0.2, 0) is 11.5 Å². The Bertz CT molecular complexity index is 1100. The van der Waals surface area contributed by atoms with Crippen LogP contribution in [0, 0.1) is 20.8 Å². The summed E-state index contributed by atoms with van der Waals surface area (Å²) in [6.45, 7) is 7.31. The number of nitrogens with one attached hydrogen (secondary N) is 1. The number of hydrogen-bond acceptors (Lipinski definition) is 5. The van der Waals surface area contributed by atoms with E-state index in [1.807, 2.05) is 19.9 Å². The van der Waals surface area contributed by atoms with Crippen molar-refractivity contribution in [1.29, 1.82) is 0 Å². The highest BCUT2D eigenvalue weighted by Gasteiger charge is 2.21. The second-order valence-corrected chi connectivity index (χ2v) is 7.29. The van der Waals surface area contributed by atoms with Crippen molar-refractivity contribution in [1.82, 2.24) is 19.6 Å². The Hall–Kier alpha value is -3.33. The Morgan fingerprint density at radius 3 is 2.60 bits per heavy atom. The Balaban J connectivity index is 1.70. The van der Waals surface area contributed by atoms with Crippen molar-refractivity contribution in [3.63, 3.8) is 0 Å². The normalized spacial score (nSPS) is 11.9.